The molecule has 0 aliphatic rings. The first-order chi connectivity index (χ1) is 10.2. The van der Waals surface area contributed by atoms with E-state index in [0.29, 0.717) is 5.56 Å². The molecule has 1 aromatic heterocycles. The first-order valence-corrected chi connectivity index (χ1v) is 6.97. The number of halogens is 1. The molecule has 1 N–H and O–H groups in total. The Bertz CT molecular complexity index is 783. The zero-order chi connectivity index (χ0) is 14.8. The van der Waals surface area contributed by atoms with Crippen molar-refractivity contribution in [3.63, 3.8) is 0 Å². The van der Waals surface area contributed by atoms with Gasteiger partial charge in [0, 0.05) is 17.1 Å². The van der Waals surface area contributed by atoms with Gasteiger partial charge in [-0.25, -0.2) is 4.39 Å². The van der Waals surface area contributed by atoms with Crippen LogP contribution < -0.4 is 5.32 Å². The van der Waals surface area contributed by atoms with Crippen molar-refractivity contribution in [3.8, 4) is 0 Å². The Labute approximate surface area is 123 Å². The average Bonchev–Trinajstić information content (AvgIpc) is 2.51. The number of nitrogens with zero attached hydrogens (tertiary/aromatic N) is 1. The molecule has 106 valence electrons. The SMILES string of the molecule is CNC(c1ccc2ncccc2c1)c1cc(C)ccc1F. The van der Waals surface area contributed by atoms with Gasteiger partial charge < -0.3 is 5.32 Å². The molecular weight excluding hydrogens is 263 g/mol. The van der Waals surface area contributed by atoms with Gasteiger partial charge in [0.2, 0.25) is 0 Å². The van der Waals surface area contributed by atoms with Gasteiger partial charge in [-0.3, -0.25) is 4.98 Å². The van der Waals surface area contributed by atoms with Crippen LogP contribution in [-0.2, 0) is 0 Å². The molecule has 2 nitrogen and oxygen atoms in total. The summed E-state index contributed by atoms with van der Waals surface area (Å²) in [6, 6.07) is 15.0. The fourth-order valence-electron chi connectivity index (χ4n) is 2.66. The van der Waals surface area contributed by atoms with E-state index in [2.05, 4.69) is 16.4 Å². The number of nitrogens with one attached hydrogen (secondary N) is 1. The minimum absolute atomic E-state index is 0.172. The number of hydrogen-bond acceptors (Lipinski definition) is 2. The molecule has 0 aliphatic carbocycles. The maximum Gasteiger partial charge on any atom is 0.128 e. The Balaban J connectivity index is 2.11. The van der Waals surface area contributed by atoms with E-state index in [9.17, 15) is 4.39 Å². The maximum absolute atomic E-state index is 14.2. The van der Waals surface area contributed by atoms with E-state index in [1.807, 2.05) is 44.3 Å². The van der Waals surface area contributed by atoms with Crippen LogP contribution in [0.5, 0.6) is 0 Å². The van der Waals surface area contributed by atoms with E-state index in [1.54, 1.807) is 12.3 Å². The molecule has 3 rings (SSSR count). The number of benzene rings is 2. The first kappa shape index (κ1) is 13.7. The summed E-state index contributed by atoms with van der Waals surface area (Å²) in [6.45, 7) is 1.97. The van der Waals surface area contributed by atoms with Gasteiger partial charge in [0.1, 0.15) is 5.82 Å². The summed E-state index contributed by atoms with van der Waals surface area (Å²) in [5, 5.41) is 4.27. The maximum atomic E-state index is 14.2. The zero-order valence-electron chi connectivity index (χ0n) is 12.1. The van der Waals surface area contributed by atoms with Crippen LogP contribution in [0.15, 0.2) is 54.7 Å². The molecule has 0 bridgehead atoms. The number of fused-ring (bicyclic) bond motifs is 1. The van der Waals surface area contributed by atoms with E-state index >= 15 is 0 Å². The van der Waals surface area contributed by atoms with E-state index in [-0.39, 0.29) is 11.9 Å². The molecule has 0 saturated carbocycles. The van der Waals surface area contributed by atoms with Crippen LogP contribution in [0.2, 0.25) is 0 Å². The highest BCUT2D eigenvalue weighted by atomic mass is 19.1. The lowest BCUT2D eigenvalue weighted by Gasteiger charge is -2.19. The van der Waals surface area contributed by atoms with Crippen molar-refractivity contribution >= 4 is 10.9 Å². The normalized spacial score (nSPS) is 12.5. The molecule has 0 fully saturated rings. The molecule has 0 radical (unpaired) electrons. The van der Waals surface area contributed by atoms with Crippen molar-refractivity contribution in [2.75, 3.05) is 7.05 Å². The van der Waals surface area contributed by atoms with Crippen LogP contribution in [0.1, 0.15) is 22.7 Å². The third-order valence-electron chi connectivity index (χ3n) is 3.71. The second kappa shape index (κ2) is 5.62. The lowest BCUT2D eigenvalue weighted by Crippen LogP contribution is -2.19. The van der Waals surface area contributed by atoms with Crippen molar-refractivity contribution in [2.45, 2.75) is 13.0 Å². The van der Waals surface area contributed by atoms with Crippen LogP contribution in [0.3, 0.4) is 0 Å². The quantitative estimate of drug-likeness (QED) is 0.784. The fraction of sp³-hybridized carbons (Fsp3) is 0.167. The zero-order valence-corrected chi connectivity index (χ0v) is 12.1. The monoisotopic (exact) mass is 280 g/mol. The molecule has 3 heteroatoms. The van der Waals surface area contributed by atoms with E-state index in [0.717, 1.165) is 22.0 Å². The lowest BCUT2D eigenvalue weighted by atomic mass is 9.96. The summed E-state index contributed by atoms with van der Waals surface area (Å²) < 4.78 is 14.2. The van der Waals surface area contributed by atoms with Crippen LogP contribution in [0.4, 0.5) is 4.39 Å². The van der Waals surface area contributed by atoms with Crippen LogP contribution in [0.25, 0.3) is 10.9 Å². The molecular formula is C18H17FN2. The predicted molar refractivity (Wildman–Crippen MR) is 83.8 cm³/mol. The number of hydrogen-bond donors (Lipinski definition) is 1. The number of pyridine rings is 1. The Kier molecular flexibility index (Phi) is 3.67. The van der Waals surface area contributed by atoms with Crippen molar-refractivity contribution in [3.05, 3.63) is 77.2 Å². The largest absolute Gasteiger partial charge is 0.309 e. The molecule has 0 saturated heterocycles. The highest BCUT2D eigenvalue weighted by Crippen LogP contribution is 2.27. The van der Waals surface area contributed by atoms with Crippen molar-refractivity contribution in [1.29, 1.82) is 0 Å². The smallest absolute Gasteiger partial charge is 0.128 e. The Morgan fingerprint density at radius 3 is 2.76 bits per heavy atom. The summed E-state index contributed by atoms with van der Waals surface area (Å²) in [6.07, 6.45) is 1.78. The molecule has 1 heterocycles. The number of rotatable bonds is 3. The van der Waals surface area contributed by atoms with Gasteiger partial charge in [-0.1, -0.05) is 29.8 Å². The molecule has 3 aromatic rings. The van der Waals surface area contributed by atoms with E-state index in [1.165, 1.54) is 6.07 Å². The van der Waals surface area contributed by atoms with E-state index in [4.69, 9.17) is 0 Å². The summed E-state index contributed by atoms with van der Waals surface area (Å²) in [4.78, 5) is 4.32. The number of aromatic nitrogens is 1. The molecule has 1 atom stereocenters. The van der Waals surface area contributed by atoms with Gasteiger partial charge in [0.25, 0.3) is 0 Å². The minimum atomic E-state index is -0.189. The van der Waals surface area contributed by atoms with Crippen molar-refractivity contribution in [2.24, 2.45) is 0 Å². The van der Waals surface area contributed by atoms with Gasteiger partial charge >= 0.3 is 0 Å². The van der Waals surface area contributed by atoms with Crippen LogP contribution in [-0.4, -0.2) is 12.0 Å². The Morgan fingerprint density at radius 2 is 1.95 bits per heavy atom. The molecule has 2 aromatic carbocycles. The average molecular weight is 280 g/mol. The minimum Gasteiger partial charge on any atom is -0.309 e. The fourth-order valence-corrected chi connectivity index (χ4v) is 2.66. The third kappa shape index (κ3) is 2.65. The molecule has 1 unspecified atom stereocenters. The third-order valence-corrected chi connectivity index (χ3v) is 3.71. The van der Waals surface area contributed by atoms with Gasteiger partial charge in [-0.15, -0.1) is 0 Å². The molecule has 0 amide bonds. The molecule has 21 heavy (non-hydrogen) atoms. The standard InChI is InChI=1S/C18H17FN2/c1-12-5-7-16(19)15(10-12)18(20-2)14-6-8-17-13(11-14)4-3-9-21-17/h3-11,18,20H,1-2H3. The van der Waals surface area contributed by atoms with Crippen molar-refractivity contribution in [1.82, 2.24) is 10.3 Å². The first-order valence-electron chi connectivity index (χ1n) is 6.97. The predicted octanol–water partition coefficient (Wildman–Crippen LogP) is 3.99. The van der Waals surface area contributed by atoms with Gasteiger partial charge in [0.05, 0.1) is 11.6 Å². The van der Waals surface area contributed by atoms with Gasteiger partial charge in [0.15, 0.2) is 0 Å². The lowest BCUT2D eigenvalue weighted by molar-refractivity contribution is 0.576. The Hall–Kier alpha value is -2.26. The molecule has 0 aliphatic heterocycles. The second-order valence-electron chi connectivity index (χ2n) is 5.20. The van der Waals surface area contributed by atoms with Crippen molar-refractivity contribution < 1.29 is 4.39 Å². The second-order valence-corrected chi connectivity index (χ2v) is 5.20. The summed E-state index contributed by atoms with van der Waals surface area (Å²) >= 11 is 0. The van der Waals surface area contributed by atoms with Crippen LogP contribution in [0, 0.1) is 12.7 Å². The Morgan fingerprint density at radius 1 is 1.10 bits per heavy atom. The summed E-state index contributed by atoms with van der Waals surface area (Å²) in [5.74, 6) is -0.189. The van der Waals surface area contributed by atoms with Crippen LogP contribution >= 0.6 is 0 Å². The number of aryl methyl sites for hydroxylation is 1. The highest BCUT2D eigenvalue weighted by Gasteiger charge is 2.16. The highest BCUT2D eigenvalue weighted by molar-refractivity contribution is 5.79. The topological polar surface area (TPSA) is 24.9 Å². The van der Waals surface area contributed by atoms with E-state index < -0.39 is 0 Å². The summed E-state index contributed by atoms with van der Waals surface area (Å²) in [7, 11) is 1.85. The summed E-state index contributed by atoms with van der Waals surface area (Å²) in [5.41, 5.74) is 3.69. The van der Waals surface area contributed by atoms with Gasteiger partial charge in [-0.2, -0.15) is 0 Å². The molecule has 0 spiro atoms. The van der Waals surface area contributed by atoms with Gasteiger partial charge in [-0.05, 0) is 43.8 Å².